The van der Waals surface area contributed by atoms with Crippen molar-refractivity contribution in [3.05, 3.63) is 24.3 Å². The summed E-state index contributed by atoms with van der Waals surface area (Å²) < 4.78 is 28.6. The van der Waals surface area contributed by atoms with E-state index in [0.717, 1.165) is 5.75 Å². The Morgan fingerprint density at radius 3 is 2.38 bits per heavy atom. The molecule has 144 valence electrons. The number of nitrogens with zero attached hydrogens (tertiary/aromatic N) is 2. The van der Waals surface area contributed by atoms with Gasteiger partial charge in [-0.25, -0.2) is 8.42 Å². The molecule has 1 atom stereocenters. The van der Waals surface area contributed by atoms with E-state index in [1.807, 2.05) is 6.92 Å². The quantitative estimate of drug-likeness (QED) is 0.713. The van der Waals surface area contributed by atoms with Crippen LogP contribution in [-0.2, 0) is 19.4 Å². The lowest BCUT2D eigenvalue weighted by molar-refractivity contribution is -0.131. The van der Waals surface area contributed by atoms with Crippen molar-refractivity contribution >= 4 is 27.3 Å². The number of ether oxygens (including phenoxy) is 1. The summed E-state index contributed by atoms with van der Waals surface area (Å²) in [6, 6.07) is 6.86. The van der Waals surface area contributed by atoms with Crippen LogP contribution in [0.4, 0.5) is 5.69 Å². The lowest BCUT2D eigenvalue weighted by Crippen LogP contribution is -2.40. The minimum absolute atomic E-state index is 0.0184. The van der Waals surface area contributed by atoms with Crippen LogP contribution in [0.5, 0.6) is 5.75 Å². The first-order valence-electron chi connectivity index (χ1n) is 8.70. The molecule has 1 saturated heterocycles. The molecule has 1 aliphatic heterocycles. The molecule has 1 heterocycles. The maximum Gasteiger partial charge on any atom is 0.224 e. The van der Waals surface area contributed by atoms with Gasteiger partial charge in [-0.1, -0.05) is 0 Å². The Morgan fingerprint density at radius 2 is 1.88 bits per heavy atom. The number of hydrogen-bond acceptors (Lipinski definition) is 5. The molecule has 26 heavy (non-hydrogen) atoms. The van der Waals surface area contributed by atoms with E-state index in [2.05, 4.69) is 0 Å². The fourth-order valence-corrected chi connectivity index (χ4v) is 4.80. The van der Waals surface area contributed by atoms with Gasteiger partial charge in [0.15, 0.2) is 9.84 Å². The number of amides is 2. The summed E-state index contributed by atoms with van der Waals surface area (Å²) in [5, 5.41) is 0. The largest absolute Gasteiger partial charge is 0.494 e. The van der Waals surface area contributed by atoms with Crippen molar-refractivity contribution in [2.45, 2.75) is 32.7 Å². The maximum atomic E-state index is 12.4. The van der Waals surface area contributed by atoms with Crippen molar-refractivity contribution in [3.8, 4) is 5.75 Å². The standard InChI is InChI=1S/C18H26N2O5S/c1-4-25-17-7-5-15(6-8-17)20(14(2)21)11-9-18(22)19(3)16-10-12-26(23,24)13-16/h5-8,16H,4,9-13H2,1-3H3. The van der Waals surface area contributed by atoms with Gasteiger partial charge in [0.1, 0.15) is 5.75 Å². The SMILES string of the molecule is CCOc1ccc(N(CCC(=O)N(C)C2CCS(=O)(=O)C2)C(C)=O)cc1. The normalized spacial score (nSPS) is 18.3. The van der Waals surface area contributed by atoms with E-state index in [9.17, 15) is 18.0 Å². The molecule has 1 aliphatic rings. The van der Waals surface area contributed by atoms with Crippen LogP contribution in [0, 0.1) is 0 Å². The molecule has 1 aromatic carbocycles. The smallest absolute Gasteiger partial charge is 0.224 e. The van der Waals surface area contributed by atoms with Gasteiger partial charge in [0.2, 0.25) is 11.8 Å². The van der Waals surface area contributed by atoms with Crippen LogP contribution in [0.3, 0.4) is 0 Å². The van der Waals surface area contributed by atoms with Crippen LogP contribution >= 0.6 is 0 Å². The van der Waals surface area contributed by atoms with E-state index in [-0.39, 0.29) is 42.3 Å². The number of hydrogen-bond donors (Lipinski definition) is 0. The number of benzene rings is 1. The monoisotopic (exact) mass is 382 g/mol. The molecule has 0 N–H and O–H groups in total. The highest BCUT2D eigenvalue weighted by atomic mass is 32.2. The summed E-state index contributed by atoms with van der Waals surface area (Å²) in [6.45, 7) is 4.15. The Kier molecular flexibility index (Phi) is 6.63. The second kappa shape index (κ2) is 8.53. The molecule has 1 aromatic rings. The van der Waals surface area contributed by atoms with Crippen LogP contribution in [-0.4, -0.2) is 62.9 Å². The molecule has 1 unspecified atom stereocenters. The van der Waals surface area contributed by atoms with Gasteiger partial charge >= 0.3 is 0 Å². The molecule has 0 aromatic heterocycles. The van der Waals surface area contributed by atoms with Crippen LogP contribution in [0.2, 0.25) is 0 Å². The Labute approximate surface area is 154 Å². The number of carbonyl (C=O) groups excluding carboxylic acids is 2. The third kappa shape index (κ3) is 5.20. The Balaban J connectivity index is 1.97. The van der Waals surface area contributed by atoms with Crippen molar-refractivity contribution in [1.29, 1.82) is 0 Å². The highest BCUT2D eigenvalue weighted by Crippen LogP contribution is 2.21. The third-order valence-electron chi connectivity index (χ3n) is 4.54. The molecule has 0 radical (unpaired) electrons. The molecule has 0 saturated carbocycles. The van der Waals surface area contributed by atoms with Gasteiger partial charge in [0.25, 0.3) is 0 Å². The van der Waals surface area contributed by atoms with Gasteiger partial charge in [-0.05, 0) is 37.6 Å². The summed E-state index contributed by atoms with van der Waals surface area (Å²) in [6.07, 6.45) is 0.611. The molecule has 7 nitrogen and oxygen atoms in total. The highest BCUT2D eigenvalue weighted by Gasteiger charge is 2.32. The van der Waals surface area contributed by atoms with Crippen LogP contribution < -0.4 is 9.64 Å². The van der Waals surface area contributed by atoms with Crippen LogP contribution in [0.1, 0.15) is 26.7 Å². The number of rotatable bonds is 7. The van der Waals surface area contributed by atoms with Gasteiger partial charge < -0.3 is 14.5 Å². The topological polar surface area (TPSA) is 84.0 Å². The third-order valence-corrected chi connectivity index (χ3v) is 6.29. The molecular weight excluding hydrogens is 356 g/mol. The average molecular weight is 382 g/mol. The molecule has 0 spiro atoms. The second-order valence-corrected chi connectivity index (χ2v) is 8.64. The Morgan fingerprint density at radius 1 is 1.23 bits per heavy atom. The fraction of sp³-hybridized carbons (Fsp3) is 0.556. The minimum atomic E-state index is -3.04. The molecule has 0 aliphatic carbocycles. The summed E-state index contributed by atoms with van der Waals surface area (Å²) in [4.78, 5) is 27.4. The predicted octanol–water partition coefficient (Wildman–Crippen LogP) is 1.47. The molecule has 2 amide bonds. The zero-order valence-electron chi connectivity index (χ0n) is 15.5. The van der Waals surface area contributed by atoms with Crippen molar-refractivity contribution in [1.82, 2.24) is 4.90 Å². The van der Waals surface area contributed by atoms with Gasteiger partial charge in [-0.2, -0.15) is 0 Å². The Hall–Kier alpha value is -2.09. The van der Waals surface area contributed by atoms with Gasteiger partial charge in [0.05, 0.1) is 18.1 Å². The van der Waals surface area contributed by atoms with E-state index in [1.54, 1.807) is 31.3 Å². The molecule has 1 fully saturated rings. The lowest BCUT2D eigenvalue weighted by atomic mass is 10.2. The van der Waals surface area contributed by atoms with Crippen molar-refractivity contribution < 1.29 is 22.7 Å². The summed E-state index contributed by atoms with van der Waals surface area (Å²) in [5.74, 6) is 0.543. The molecular formula is C18H26N2O5S. The summed E-state index contributed by atoms with van der Waals surface area (Å²) in [5.41, 5.74) is 0.694. The van der Waals surface area contributed by atoms with E-state index in [1.165, 1.54) is 16.7 Å². The van der Waals surface area contributed by atoms with Gasteiger partial charge in [0, 0.05) is 38.7 Å². The Bertz CT molecular complexity index is 745. The van der Waals surface area contributed by atoms with Crippen LogP contribution in [0.15, 0.2) is 24.3 Å². The summed E-state index contributed by atoms with van der Waals surface area (Å²) >= 11 is 0. The maximum absolute atomic E-state index is 12.4. The average Bonchev–Trinajstić information content (AvgIpc) is 2.95. The van der Waals surface area contributed by atoms with Gasteiger partial charge in [-0.15, -0.1) is 0 Å². The van der Waals surface area contributed by atoms with Gasteiger partial charge in [-0.3, -0.25) is 9.59 Å². The van der Waals surface area contributed by atoms with Crippen LogP contribution in [0.25, 0.3) is 0 Å². The minimum Gasteiger partial charge on any atom is -0.494 e. The van der Waals surface area contributed by atoms with E-state index in [4.69, 9.17) is 4.74 Å². The zero-order chi connectivity index (χ0) is 19.3. The van der Waals surface area contributed by atoms with Crippen molar-refractivity contribution in [2.75, 3.05) is 36.6 Å². The predicted molar refractivity (Wildman–Crippen MR) is 100 cm³/mol. The summed E-state index contributed by atoms with van der Waals surface area (Å²) in [7, 11) is -1.41. The zero-order valence-corrected chi connectivity index (χ0v) is 16.3. The first-order chi connectivity index (χ1) is 12.2. The number of carbonyl (C=O) groups is 2. The van der Waals surface area contributed by atoms with E-state index in [0.29, 0.717) is 18.7 Å². The fourth-order valence-electron chi connectivity index (χ4n) is 3.03. The second-order valence-electron chi connectivity index (χ2n) is 6.41. The first-order valence-corrected chi connectivity index (χ1v) is 10.5. The van der Waals surface area contributed by atoms with Crippen molar-refractivity contribution in [2.24, 2.45) is 0 Å². The first kappa shape index (κ1) is 20.2. The van der Waals surface area contributed by atoms with Crippen molar-refractivity contribution in [3.63, 3.8) is 0 Å². The molecule has 8 heteroatoms. The molecule has 2 rings (SSSR count). The number of anilines is 1. The lowest BCUT2D eigenvalue weighted by Gasteiger charge is -2.26. The highest BCUT2D eigenvalue weighted by molar-refractivity contribution is 7.91. The van der Waals surface area contributed by atoms with E-state index >= 15 is 0 Å². The molecule has 0 bridgehead atoms. The van der Waals surface area contributed by atoms with E-state index < -0.39 is 9.84 Å². The number of sulfone groups is 1.